The molecule has 3 rings (SSSR count). The highest BCUT2D eigenvalue weighted by atomic mass is 127. The zero-order chi connectivity index (χ0) is 20.5. The van der Waals surface area contributed by atoms with Gasteiger partial charge in [0.1, 0.15) is 0 Å². The second-order valence-electron chi connectivity index (χ2n) is 11.8. The molecule has 0 N–H and O–H groups in total. The normalized spacial score (nSPS) is 44.4. The Bertz CT molecular complexity index is 503. The number of halogens is 2. The summed E-state index contributed by atoms with van der Waals surface area (Å²) in [6, 6.07) is 0. The van der Waals surface area contributed by atoms with E-state index >= 15 is 0 Å². The topological polar surface area (TPSA) is 0 Å². The molecular weight excluding hydrogens is 566 g/mol. The smallest absolute Gasteiger partial charge is 0.00290 e. The van der Waals surface area contributed by atoms with Crippen LogP contribution in [0.3, 0.4) is 0 Å². The van der Waals surface area contributed by atoms with Crippen LogP contribution in [0.15, 0.2) is 0 Å². The van der Waals surface area contributed by atoms with Gasteiger partial charge in [-0.3, -0.25) is 0 Å². The molecular formula is C26H46I2. The SMILES string of the molecule is CC(C)CCC[C@@H](C)[C@H]1CCC2C3CCC(CI)[C@](C)(CCI)C3CC[C@@]21C. The number of fused-ring (bicyclic) bond motifs is 3. The van der Waals surface area contributed by atoms with Crippen LogP contribution >= 0.6 is 45.2 Å². The van der Waals surface area contributed by atoms with Crippen molar-refractivity contribution in [3.8, 4) is 0 Å². The molecule has 28 heavy (non-hydrogen) atoms. The maximum atomic E-state index is 2.74. The predicted octanol–water partition coefficient (Wildman–Crippen LogP) is 9.18. The summed E-state index contributed by atoms with van der Waals surface area (Å²) in [6.45, 7) is 12.8. The van der Waals surface area contributed by atoms with Crippen molar-refractivity contribution in [1.82, 2.24) is 0 Å². The summed E-state index contributed by atoms with van der Waals surface area (Å²) in [5, 5.41) is 0. The number of alkyl halides is 2. The van der Waals surface area contributed by atoms with Gasteiger partial charge in [-0.05, 0) is 97.2 Å². The highest BCUT2D eigenvalue weighted by Gasteiger charge is 2.59. The van der Waals surface area contributed by atoms with Gasteiger partial charge in [-0.2, -0.15) is 0 Å². The van der Waals surface area contributed by atoms with E-state index in [1.165, 1.54) is 60.2 Å². The molecule has 0 aromatic heterocycles. The molecule has 0 spiro atoms. The van der Waals surface area contributed by atoms with E-state index < -0.39 is 0 Å². The second-order valence-corrected chi connectivity index (χ2v) is 13.7. The van der Waals surface area contributed by atoms with E-state index in [4.69, 9.17) is 0 Å². The molecule has 0 radical (unpaired) electrons. The van der Waals surface area contributed by atoms with Crippen LogP contribution < -0.4 is 0 Å². The fraction of sp³-hybridized carbons (Fsp3) is 1.00. The first kappa shape index (κ1) is 24.1. The van der Waals surface area contributed by atoms with Gasteiger partial charge in [0.25, 0.3) is 0 Å². The van der Waals surface area contributed by atoms with Gasteiger partial charge in [0.05, 0.1) is 0 Å². The predicted molar refractivity (Wildman–Crippen MR) is 142 cm³/mol. The molecule has 0 amide bonds. The molecule has 0 bridgehead atoms. The van der Waals surface area contributed by atoms with Crippen molar-refractivity contribution in [3.63, 3.8) is 0 Å². The molecule has 0 heterocycles. The van der Waals surface area contributed by atoms with Gasteiger partial charge in [0.15, 0.2) is 0 Å². The van der Waals surface area contributed by atoms with E-state index in [1.54, 1.807) is 12.8 Å². The highest BCUT2D eigenvalue weighted by Crippen LogP contribution is 2.67. The van der Waals surface area contributed by atoms with Crippen LogP contribution in [0.1, 0.15) is 98.8 Å². The monoisotopic (exact) mass is 612 g/mol. The van der Waals surface area contributed by atoms with Gasteiger partial charge in [-0.15, -0.1) is 0 Å². The van der Waals surface area contributed by atoms with E-state index in [9.17, 15) is 0 Å². The molecule has 3 fully saturated rings. The number of hydrogen-bond acceptors (Lipinski definition) is 0. The largest absolute Gasteiger partial charge is 0.0864 e. The molecule has 3 aliphatic carbocycles. The van der Waals surface area contributed by atoms with E-state index in [1.807, 2.05) is 0 Å². The Labute approximate surface area is 203 Å². The fourth-order valence-corrected chi connectivity index (χ4v) is 11.0. The second kappa shape index (κ2) is 9.94. The van der Waals surface area contributed by atoms with Crippen LogP contribution in [0.4, 0.5) is 0 Å². The molecule has 0 aromatic rings. The molecule has 3 aliphatic rings. The Balaban J connectivity index is 1.73. The molecule has 8 atom stereocenters. The summed E-state index contributed by atoms with van der Waals surface area (Å²) in [5.41, 5.74) is 1.27. The third-order valence-corrected chi connectivity index (χ3v) is 11.7. The van der Waals surface area contributed by atoms with Crippen LogP contribution in [0, 0.1) is 52.3 Å². The Morgan fingerprint density at radius 1 is 0.893 bits per heavy atom. The van der Waals surface area contributed by atoms with Crippen molar-refractivity contribution in [2.24, 2.45) is 52.3 Å². The van der Waals surface area contributed by atoms with E-state index in [2.05, 4.69) is 79.8 Å². The third-order valence-electron chi connectivity index (χ3n) is 10.1. The van der Waals surface area contributed by atoms with Crippen molar-refractivity contribution >= 4 is 45.2 Å². The average Bonchev–Trinajstić information content (AvgIpc) is 2.99. The summed E-state index contributed by atoms with van der Waals surface area (Å²) < 4.78 is 2.73. The molecule has 0 saturated heterocycles. The summed E-state index contributed by atoms with van der Waals surface area (Å²) in [6.07, 6.45) is 15.0. The first-order chi connectivity index (χ1) is 13.3. The minimum absolute atomic E-state index is 0.619. The maximum absolute atomic E-state index is 2.74. The standard InChI is InChI=1S/C26H46I2/c1-18(2)7-6-8-19(3)22-11-12-23-21-10-9-20(17-28)25(4,15-16-27)24(21)13-14-26(22,23)5/h18-24H,6-17H2,1-5H3/t19-,20?,21?,22-,23?,24?,25+,26-/m1/s1. The van der Waals surface area contributed by atoms with Crippen LogP contribution in [0.5, 0.6) is 0 Å². The molecule has 0 aromatic carbocycles. The van der Waals surface area contributed by atoms with Gasteiger partial charge in [0, 0.05) is 8.86 Å². The first-order valence-corrected chi connectivity index (χ1v) is 15.4. The van der Waals surface area contributed by atoms with Crippen LogP contribution in [0.2, 0.25) is 0 Å². The molecule has 164 valence electrons. The lowest BCUT2D eigenvalue weighted by atomic mass is 9.46. The minimum atomic E-state index is 0.619. The van der Waals surface area contributed by atoms with Crippen LogP contribution in [-0.2, 0) is 0 Å². The Morgan fingerprint density at radius 3 is 2.29 bits per heavy atom. The molecule has 2 heteroatoms. The molecule has 3 saturated carbocycles. The van der Waals surface area contributed by atoms with Crippen molar-refractivity contribution < 1.29 is 0 Å². The zero-order valence-electron chi connectivity index (χ0n) is 19.3. The molecule has 0 nitrogen and oxygen atoms in total. The summed E-state index contributed by atoms with van der Waals surface area (Å²) in [5.74, 6) is 6.88. The van der Waals surface area contributed by atoms with Crippen LogP contribution in [0.25, 0.3) is 0 Å². The van der Waals surface area contributed by atoms with E-state index in [-0.39, 0.29) is 0 Å². The van der Waals surface area contributed by atoms with Gasteiger partial charge in [-0.25, -0.2) is 0 Å². The van der Waals surface area contributed by atoms with E-state index in [0.717, 1.165) is 41.4 Å². The van der Waals surface area contributed by atoms with Crippen molar-refractivity contribution in [2.45, 2.75) is 98.8 Å². The maximum Gasteiger partial charge on any atom is 0.00290 e. The summed E-state index contributed by atoms with van der Waals surface area (Å²) >= 11 is 5.35. The number of hydrogen-bond donors (Lipinski definition) is 0. The Morgan fingerprint density at radius 2 is 1.64 bits per heavy atom. The van der Waals surface area contributed by atoms with Gasteiger partial charge in [0.2, 0.25) is 0 Å². The van der Waals surface area contributed by atoms with Crippen molar-refractivity contribution in [1.29, 1.82) is 0 Å². The minimum Gasteiger partial charge on any atom is -0.0864 e. The van der Waals surface area contributed by atoms with Crippen molar-refractivity contribution in [3.05, 3.63) is 0 Å². The molecule has 0 aliphatic heterocycles. The van der Waals surface area contributed by atoms with Gasteiger partial charge in [-0.1, -0.05) is 99.1 Å². The first-order valence-electron chi connectivity index (χ1n) is 12.4. The Hall–Kier alpha value is 1.46. The van der Waals surface area contributed by atoms with Gasteiger partial charge >= 0.3 is 0 Å². The van der Waals surface area contributed by atoms with Gasteiger partial charge < -0.3 is 0 Å². The Kier molecular flexibility index (Phi) is 8.56. The van der Waals surface area contributed by atoms with E-state index in [0.29, 0.717) is 10.8 Å². The average molecular weight is 612 g/mol. The lowest BCUT2D eigenvalue weighted by Crippen LogP contribution is -2.52. The number of rotatable bonds is 8. The molecule has 4 unspecified atom stereocenters. The quantitative estimate of drug-likeness (QED) is 0.190. The highest BCUT2D eigenvalue weighted by molar-refractivity contribution is 14.1. The van der Waals surface area contributed by atoms with Crippen LogP contribution in [-0.4, -0.2) is 8.86 Å². The lowest BCUT2D eigenvalue weighted by Gasteiger charge is -2.59. The summed E-state index contributed by atoms with van der Waals surface area (Å²) in [7, 11) is 0. The summed E-state index contributed by atoms with van der Waals surface area (Å²) in [4.78, 5) is 0. The lowest BCUT2D eigenvalue weighted by molar-refractivity contribution is -0.0957. The zero-order valence-corrected chi connectivity index (χ0v) is 23.6. The fourth-order valence-electron chi connectivity index (χ4n) is 8.41. The third kappa shape index (κ3) is 4.49. The van der Waals surface area contributed by atoms with Crippen molar-refractivity contribution in [2.75, 3.05) is 8.86 Å².